The molecule has 3 heteroatoms. The largest absolute Gasteiger partial charge is 0.479 e. The quantitative estimate of drug-likeness (QED) is 0.579. The predicted molar refractivity (Wildman–Crippen MR) is 64.3 cm³/mol. The van der Waals surface area contributed by atoms with Crippen molar-refractivity contribution < 1.29 is 14.3 Å². The first kappa shape index (κ1) is 11.8. The second kappa shape index (κ2) is 4.70. The highest BCUT2D eigenvalue weighted by Gasteiger charge is 2.42. The summed E-state index contributed by atoms with van der Waals surface area (Å²) in [6.07, 6.45) is 3.76. The maximum atomic E-state index is 12.2. The number of rotatable bonds is 5. The van der Waals surface area contributed by atoms with Crippen LogP contribution < -0.4 is 4.74 Å². The summed E-state index contributed by atoms with van der Waals surface area (Å²) < 4.78 is 5.75. The van der Waals surface area contributed by atoms with Crippen molar-refractivity contribution in [1.29, 1.82) is 0 Å². The lowest BCUT2D eigenvalue weighted by Gasteiger charge is -2.21. The van der Waals surface area contributed by atoms with Crippen molar-refractivity contribution in [1.82, 2.24) is 0 Å². The van der Waals surface area contributed by atoms with E-state index in [9.17, 15) is 9.59 Å². The maximum absolute atomic E-state index is 12.2. The highest BCUT2D eigenvalue weighted by atomic mass is 16.5. The molecular weight excluding hydrogens is 216 g/mol. The Bertz CT molecular complexity index is 439. The Morgan fingerprint density at radius 2 is 2.06 bits per heavy atom. The van der Waals surface area contributed by atoms with E-state index in [0.29, 0.717) is 24.2 Å². The molecule has 0 bridgehead atoms. The van der Waals surface area contributed by atoms with Crippen LogP contribution in [0.15, 0.2) is 24.3 Å². The van der Waals surface area contributed by atoms with Gasteiger partial charge in [0, 0.05) is 6.42 Å². The molecule has 0 amide bonds. The van der Waals surface area contributed by atoms with E-state index in [2.05, 4.69) is 0 Å². The van der Waals surface area contributed by atoms with Crippen LogP contribution in [-0.2, 0) is 4.79 Å². The molecule has 17 heavy (non-hydrogen) atoms. The summed E-state index contributed by atoms with van der Waals surface area (Å²) in [6.45, 7) is 1.83. The van der Waals surface area contributed by atoms with Gasteiger partial charge < -0.3 is 9.53 Å². The van der Waals surface area contributed by atoms with Crippen molar-refractivity contribution in [3.63, 3.8) is 0 Å². The summed E-state index contributed by atoms with van der Waals surface area (Å²) in [5.74, 6) is 0.731. The van der Waals surface area contributed by atoms with Gasteiger partial charge in [0.2, 0.25) is 5.78 Å². The smallest absolute Gasteiger partial charge is 0.209 e. The number of aldehydes is 1. The SMILES string of the molecule is CC1(CCCCC=O)Oc2ccccc2C1=O. The van der Waals surface area contributed by atoms with Gasteiger partial charge >= 0.3 is 0 Å². The molecule has 0 aliphatic carbocycles. The van der Waals surface area contributed by atoms with Crippen LogP contribution in [-0.4, -0.2) is 17.7 Å². The molecule has 3 nitrogen and oxygen atoms in total. The number of carbonyl (C=O) groups excluding carboxylic acids is 2. The van der Waals surface area contributed by atoms with E-state index in [4.69, 9.17) is 4.74 Å². The summed E-state index contributed by atoms with van der Waals surface area (Å²) in [7, 11) is 0. The van der Waals surface area contributed by atoms with E-state index in [1.165, 1.54) is 0 Å². The minimum absolute atomic E-state index is 0.0548. The number of carbonyl (C=O) groups is 2. The Labute approximate surface area is 101 Å². The lowest BCUT2D eigenvalue weighted by Crippen LogP contribution is -2.36. The zero-order chi connectivity index (χ0) is 12.3. The normalized spacial score (nSPS) is 22.1. The highest BCUT2D eigenvalue weighted by Crippen LogP contribution is 2.37. The van der Waals surface area contributed by atoms with Gasteiger partial charge in [0.1, 0.15) is 12.0 Å². The van der Waals surface area contributed by atoms with Crippen LogP contribution >= 0.6 is 0 Å². The van der Waals surface area contributed by atoms with Gasteiger partial charge in [-0.2, -0.15) is 0 Å². The molecule has 1 unspecified atom stereocenters. The molecular formula is C14H16O3. The average molecular weight is 232 g/mol. The molecule has 0 spiro atoms. The van der Waals surface area contributed by atoms with Crippen molar-refractivity contribution in [3.8, 4) is 5.75 Å². The molecule has 1 aliphatic rings. The number of hydrogen-bond acceptors (Lipinski definition) is 3. The highest BCUT2D eigenvalue weighted by molar-refractivity contribution is 6.07. The van der Waals surface area contributed by atoms with Gasteiger partial charge in [0.25, 0.3) is 0 Å². The molecule has 2 rings (SSSR count). The fraction of sp³-hybridized carbons (Fsp3) is 0.429. The van der Waals surface area contributed by atoms with Crippen LogP contribution in [0.4, 0.5) is 0 Å². The summed E-state index contributed by atoms with van der Waals surface area (Å²) in [5, 5.41) is 0. The van der Waals surface area contributed by atoms with Crippen LogP contribution in [0.5, 0.6) is 5.75 Å². The Morgan fingerprint density at radius 3 is 2.76 bits per heavy atom. The van der Waals surface area contributed by atoms with Crippen molar-refractivity contribution in [2.24, 2.45) is 0 Å². The summed E-state index contributed by atoms with van der Waals surface area (Å²) in [6, 6.07) is 7.33. The number of Topliss-reactive ketones (excluding diaryl/α,β-unsaturated/α-hetero) is 1. The average Bonchev–Trinajstić information content (AvgIpc) is 2.59. The molecule has 0 N–H and O–H groups in total. The lowest BCUT2D eigenvalue weighted by atomic mass is 9.92. The van der Waals surface area contributed by atoms with E-state index in [-0.39, 0.29) is 5.78 Å². The van der Waals surface area contributed by atoms with Gasteiger partial charge in [0.15, 0.2) is 5.60 Å². The molecule has 0 aromatic heterocycles. The number of ketones is 1. The van der Waals surface area contributed by atoms with E-state index in [1.807, 2.05) is 25.1 Å². The second-order valence-electron chi connectivity index (χ2n) is 4.57. The van der Waals surface area contributed by atoms with Gasteiger partial charge in [-0.25, -0.2) is 0 Å². The van der Waals surface area contributed by atoms with Gasteiger partial charge in [0.05, 0.1) is 5.56 Å². The molecule has 0 fully saturated rings. The van der Waals surface area contributed by atoms with Crippen molar-refractivity contribution in [2.45, 2.75) is 38.2 Å². The van der Waals surface area contributed by atoms with Crippen LogP contribution in [0.25, 0.3) is 0 Å². The Morgan fingerprint density at radius 1 is 1.29 bits per heavy atom. The minimum atomic E-state index is -0.743. The number of para-hydroxylation sites is 1. The molecule has 0 radical (unpaired) electrons. The number of benzene rings is 1. The van der Waals surface area contributed by atoms with E-state index < -0.39 is 5.60 Å². The zero-order valence-corrected chi connectivity index (χ0v) is 9.94. The molecule has 1 atom stereocenters. The maximum Gasteiger partial charge on any atom is 0.209 e. The molecule has 1 heterocycles. The van der Waals surface area contributed by atoms with Crippen LogP contribution in [0.3, 0.4) is 0 Å². The minimum Gasteiger partial charge on any atom is -0.479 e. The molecule has 0 saturated heterocycles. The van der Waals surface area contributed by atoms with Crippen molar-refractivity contribution >= 4 is 12.1 Å². The Balaban J connectivity index is 2.04. The van der Waals surface area contributed by atoms with E-state index in [0.717, 1.165) is 19.1 Å². The topological polar surface area (TPSA) is 43.4 Å². The van der Waals surface area contributed by atoms with Gasteiger partial charge in [-0.3, -0.25) is 4.79 Å². The molecule has 90 valence electrons. The molecule has 1 aromatic rings. The molecule has 0 saturated carbocycles. The monoisotopic (exact) mass is 232 g/mol. The lowest BCUT2D eigenvalue weighted by molar-refractivity contribution is -0.107. The number of fused-ring (bicyclic) bond motifs is 1. The Hall–Kier alpha value is -1.64. The van der Waals surface area contributed by atoms with Crippen molar-refractivity contribution in [2.75, 3.05) is 0 Å². The zero-order valence-electron chi connectivity index (χ0n) is 9.94. The summed E-state index contributed by atoms with van der Waals surface area (Å²) in [4.78, 5) is 22.4. The van der Waals surface area contributed by atoms with Crippen LogP contribution in [0.2, 0.25) is 0 Å². The molecule has 1 aromatic carbocycles. The first-order valence-electron chi connectivity index (χ1n) is 5.94. The fourth-order valence-corrected chi connectivity index (χ4v) is 2.17. The third-order valence-electron chi connectivity index (χ3n) is 3.17. The predicted octanol–water partition coefficient (Wildman–Crippen LogP) is 2.78. The fourth-order valence-electron chi connectivity index (χ4n) is 2.17. The third-order valence-corrected chi connectivity index (χ3v) is 3.17. The molecule has 1 aliphatic heterocycles. The van der Waals surface area contributed by atoms with Gasteiger partial charge in [-0.05, 0) is 38.3 Å². The van der Waals surface area contributed by atoms with Crippen molar-refractivity contribution in [3.05, 3.63) is 29.8 Å². The van der Waals surface area contributed by atoms with E-state index in [1.54, 1.807) is 6.07 Å². The number of hydrogen-bond donors (Lipinski definition) is 0. The second-order valence-corrected chi connectivity index (χ2v) is 4.57. The van der Waals surface area contributed by atoms with Crippen LogP contribution in [0, 0.1) is 0 Å². The van der Waals surface area contributed by atoms with Gasteiger partial charge in [-0.1, -0.05) is 12.1 Å². The first-order valence-corrected chi connectivity index (χ1v) is 5.94. The summed E-state index contributed by atoms with van der Waals surface area (Å²) in [5.41, 5.74) is -0.0718. The van der Waals surface area contributed by atoms with Gasteiger partial charge in [-0.15, -0.1) is 0 Å². The van der Waals surface area contributed by atoms with E-state index >= 15 is 0 Å². The summed E-state index contributed by atoms with van der Waals surface area (Å²) >= 11 is 0. The number of ether oxygens (including phenoxy) is 1. The first-order chi connectivity index (χ1) is 8.17. The van der Waals surface area contributed by atoms with Crippen LogP contribution in [0.1, 0.15) is 43.0 Å². The third kappa shape index (κ3) is 2.23. The standard InChI is InChI=1S/C14H16O3/c1-14(9-5-2-6-10-15)13(16)11-7-3-4-8-12(11)17-14/h3-4,7-8,10H,2,5-6,9H2,1H3. The number of unbranched alkanes of at least 4 members (excludes halogenated alkanes) is 2. The Kier molecular flexibility index (Phi) is 3.27.